The molecule has 9 nitrogen and oxygen atoms in total. The lowest BCUT2D eigenvalue weighted by molar-refractivity contribution is 0.423. The highest BCUT2D eigenvalue weighted by molar-refractivity contribution is 7.99. The summed E-state index contributed by atoms with van der Waals surface area (Å²) in [5.41, 5.74) is 1.36. The number of anilines is 2. The predicted octanol–water partition coefficient (Wildman–Crippen LogP) is 2.03. The van der Waals surface area contributed by atoms with Gasteiger partial charge in [-0.3, -0.25) is 0 Å². The van der Waals surface area contributed by atoms with E-state index in [0.717, 1.165) is 10.5 Å². The van der Waals surface area contributed by atoms with Crippen LogP contribution in [0.4, 0.5) is 11.6 Å². The zero-order valence-corrected chi connectivity index (χ0v) is 11.8. The van der Waals surface area contributed by atoms with E-state index in [0.29, 0.717) is 22.3 Å². The molecular weight excluding hydrogens is 304 g/mol. The lowest BCUT2D eigenvalue weighted by Crippen LogP contribution is -1.98. The van der Waals surface area contributed by atoms with E-state index in [1.807, 2.05) is 12.1 Å². The Labute approximate surface area is 127 Å². The molecular formula is C12H8N8OS. The number of hydrogen-bond acceptors (Lipinski definition) is 9. The number of fused-ring (bicyclic) bond motifs is 1. The van der Waals surface area contributed by atoms with Crippen LogP contribution >= 0.6 is 11.8 Å². The topological polar surface area (TPSA) is 118 Å². The number of rotatable bonds is 4. The van der Waals surface area contributed by atoms with Crippen molar-refractivity contribution in [1.29, 1.82) is 0 Å². The van der Waals surface area contributed by atoms with Crippen molar-refractivity contribution in [3.8, 4) is 0 Å². The first-order chi connectivity index (χ1) is 10.9. The van der Waals surface area contributed by atoms with E-state index in [1.165, 1.54) is 30.7 Å². The van der Waals surface area contributed by atoms with E-state index in [4.69, 9.17) is 4.52 Å². The molecule has 2 N–H and O–H groups in total. The third-order valence-electron chi connectivity index (χ3n) is 2.74. The van der Waals surface area contributed by atoms with Gasteiger partial charge in [0.25, 0.3) is 0 Å². The smallest absolute Gasteiger partial charge is 0.194 e. The first kappa shape index (κ1) is 12.7. The molecule has 0 spiro atoms. The van der Waals surface area contributed by atoms with Crippen LogP contribution < -0.4 is 5.32 Å². The van der Waals surface area contributed by atoms with Crippen LogP contribution in [0.25, 0.3) is 11.0 Å². The van der Waals surface area contributed by atoms with Crippen molar-refractivity contribution in [2.75, 3.05) is 5.32 Å². The first-order valence-corrected chi connectivity index (χ1v) is 7.03. The van der Waals surface area contributed by atoms with Crippen LogP contribution in [0.5, 0.6) is 0 Å². The van der Waals surface area contributed by atoms with Crippen molar-refractivity contribution in [3.05, 3.63) is 37.1 Å². The molecule has 108 valence electrons. The van der Waals surface area contributed by atoms with Gasteiger partial charge in [-0.05, 0) is 23.9 Å². The standard InChI is InChI=1S/C12H8N8OS/c1-2-9(22-12-15-6-16-19-12)18-10-7(1)13-5-14-11(10)17-8-3-4-21-20-8/h1-6H,(H,15,16,19)(H,13,14,17,20). The third-order valence-corrected chi connectivity index (χ3v) is 3.57. The van der Waals surface area contributed by atoms with Crippen molar-refractivity contribution < 1.29 is 4.52 Å². The third kappa shape index (κ3) is 2.46. The van der Waals surface area contributed by atoms with E-state index in [9.17, 15) is 0 Å². The minimum absolute atomic E-state index is 0.551. The quantitative estimate of drug-likeness (QED) is 0.583. The van der Waals surface area contributed by atoms with Gasteiger partial charge >= 0.3 is 0 Å². The first-order valence-electron chi connectivity index (χ1n) is 6.21. The Bertz CT molecular complexity index is 893. The fraction of sp³-hybridized carbons (Fsp3) is 0. The molecule has 0 unspecified atom stereocenters. The Morgan fingerprint density at radius 2 is 2.18 bits per heavy atom. The van der Waals surface area contributed by atoms with Gasteiger partial charge in [0.05, 0.1) is 5.52 Å². The summed E-state index contributed by atoms with van der Waals surface area (Å²) >= 11 is 1.37. The van der Waals surface area contributed by atoms with Gasteiger partial charge in [-0.2, -0.15) is 0 Å². The SMILES string of the molecule is c1nc(Nc2ccon2)c2nc(Sc3nnc[nH]3)ccc2n1. The Morgan fingerprint density at radius 3 is 3.00 bits per heavy atom. The van der Waals surface area contributed by atoms with Gasteiger partial charge in [0.15, 0.2) is 16.8 Å². The number of hydrogen-bond donors (Lipinski definition) is 2. The number of aromatic amines is 1. The maximum atomic E-state index is 4.79. The van der Waals surface area contributed by atoms with Crippen LogP contribution in [0.1, 0.15) is 0 Å². The monoisotopic (exact) mass is 312 g/mol. The van der Waals surface area contributed by atoms with Gasteiger partial charge in [-0.15, -0.1) is 10.2 Å². The number of H-pyrrole nitrogens is 1. The van der Waals surface area contributed by atoms with Crippen molar-refractivity contribution >= 4 is 34.4 Å². The van der Waals surface area contributed by atoms with E-state index >= 15 is 0 Å². The average Bonchev–Trinajstić information content (AvgIpc) is 3.22. The maximum Gasteiger partial charge on any atom is 0.194 e. The lowest BCUT2D eigenvalue weighted by Gasteiger charge is -2.05. The highest BCUT2D eigenvalue weighted by Crippen LogP contribution is 2.26. The highest BCUT2D eigenvalue weighted by atomic mass is 32.2. The second-order valence-corrected chi connectivity index (χ2v) is 5.15. The van der Waals surface area contributed by atoms with Crippen molar-refractivity contribution in [3.63, 3.8) is 0 Å². The van der Waals surface area contributed by atoms with E-state index in [1.54, 1.807) is 6.07 Å². The van der Waals surface area contributed by atoms with Crippen LogP contribution in [-0.4, -0.2) is 35.3 Å². The Balaban J connectivity index is 1.73. The minimum atomic E-state index is 0.551. The van der Waals surface area contributed by atoms with Crippen LogP contribution in [0, 0.1) is 0 Å². The molecule has 0 aromatic carbocycles. The summed E-state index contributed by atoms with van der Waals surface area (Å²) in [7, 11) is 0. The second kappa shape index (κ2) is 5.41. The van der Waals surface area contributed by atoms with Gasteiger partial charge in [-0.1, -0.05) is 5.16 Å². The largest absolute Gasteiger partial charge is 0.363 e. The Kier molecular flexibility index (Phi) is 3.12. The van der Waals surface area contributed by atoms with Crippen LogP contribution in [0.3, 0.4) is 0 Å². The summed E-state index contributed by atoms with van der Waals surface area (Å²) in [5.74, 6) is 1.11. The van der Waals surface area contributed by atoms with Gasteiger partial charge in [0, 0.05) is 6.07 Å². The molecule has 4 aromatic heterocycles. The predicted molar refractivity (Wildman–Crippen MR) is 77.6 cm³/mol. The summed E-state index contributed by atoms with van der Waals surface area (Å²) < 4.78 is 4.79. The van der Waals surface area contributed by atoms with Gasteiger partial charge in [0.1, 0.15) is 29.5 Å². The molecule has 0 amide bonds. The Morgan fingerprint density at radius 1 is 1.18 bits per heavy atom. The normalized spacial score (nSPS) is 10.9. The van der Waals surface area contributed by atoms with E-state index in [-0.39, 0.29) is 0 Å². The van der Waals surface area contributed by atoms with Crippen molar-refractivity contribution in [2.24, 2.45) is 0 Å². The molecule has 0 aliphatic carbocycles. The van der Waals surface area contributed by atoms with Crippen molar-refractivity contribution in [2.45, 2.75) is 10.2 Å². The molecule has 4 heterocycles. The summed E-state index contributed by atoms with van der Waals surface area (Å²) in [6.07, 6.45) is 4.46. The van der Waals surface area contributed by atoms with Crippen molar-refractivity contribution in [1.82, 2.24) is 35.3 Å². The molecule has 0 radical (unpaired) electrons. The minimum Gasteiger partial charge on any atom is -0.363 e. The summed E-state index contributed by atoms with van der Waals surface area (Å²) in [5, 5.41) is 15.9. The molecule has 22 heavy (non-hydrogen) atoms. The summed E-state index contributed by atoms with van der Waals surface area (Å²) in [6, 6.07) is 5.43. The molecule has 0 aliphatic rings. The molecule has 0 saturated carbocycles. The van der Waals surface area contributed by atoms with Gasteiger partial charge < -0.3 is 14.8 Å². The number of nitrogens with zero attached hydrogens (tertiary/aromatic N) is 6. The van der Waals surface area contributed by atoms with Crippen LogP contribution in [0.15, 0.2) is 51.8 Å². The molecule has 0 atom stereocenters. The molecule has 0 fully saturated rings. The van der Waals surface area contributed by atoms with Crippen LogP contribution in [0.2, 0.25) is 0 Å². The second-order valence-electron chi connectivity index (χ2n) is 4.15. The molecule has 4 aromatic rings. The maximum absolute atomic E-state index is 4.79. The molecule has 0 aliphatic heterocycles. The van der Waals surface area contributed by atoms with Gasteiger partial charge in [0.2, 0.25) is 0 Å². The van der Waals surface area contributed by atoms with Gasteiger partial charge in [-0.25, -0.2) is 15.0 Å². The molecule has 10 heteroatoms. The highest BCUT2D eigenvalue weighted by Gasteiger charge is 2.09. The summed E-state index contributed by atoms with van der Waals surface area (Å²) in [4.78, 5) is 15.9. The van der Waals surface area contributed by atoms with E-state index in [2.05, 4.69) is 40.6 Å². The number of aromatic nitrogens is 7. The summed E-state index contributed by atoms with van der Waals surface area (Å²) in [6.45, 7) is 0. The average molecular weight is 312 g/mol. The van der Waals surface area contributed by atoms with E-state index < -0.39 is 0 Å². The molecule has 4 rings (SSSR count). The fourth-order valence-electron chi connectivity index (χ4n) is 1.81. The zero-order chi connectivity index (χ0) is 14.8. The number of pyridine rings is 1. The van der Waals surface area contributed by atoms with Crippen LogP contribution in [-0.2, 0) is 0 Å². The molecule has 0 bridgehead atoms. The zero-order valence-electron chi connectivity index (χ0n) is 11.0. The number of nitrogens with one attached hydrogen (secondary N) is 2. The Hall–Kier alpha value is -3.01. The fourth-order valence-corrected chi connectivity index (χ4v) is 2.48. The lowest BCUT2D eigenvalue weighted by atomic mass is 10.3. The molecule has 0 saturated heterocycles.